The maximum atomic E-state index is 12.0. The zero-order valence-electron chi connectivity index (χ0n) is 9.55. The van der Waals surface area contributed by atoms with Gasteiger partial charge in [-0.2, -0.15) is 9.57 Å². The second kappa shape index (κ2) is 6.18. The number of ether oxygens (including phenoxy) is 1. The molecule has 5 nitrogen and oxygen atoms in total. The van der Waals surface area contributed by atoms with Crippen LogP contribution in [0.2, 0.25) is 0 Å². The summed E-state index contributed by atoms with van der Waals surface area (Å²) in [6.45, 7) is 2.88. The number of hydrogen-bond acceptors (Lipinski definition) is 4. The van der Waals surface area contributed by atoms with Crippen molar-refractivity contribution in [3.63, 3.8) is 0 Å². The lowest BCUT2D eigenvalue weighted by Crippen LogP contribution is -2.37. The summed E-state index contributed by atoms with van der Waals surface area (Å²) in [6, 6.07) is 1.89. The topological polar surface area (TPSA) is 70.4 Å². The average molecular weight is 246 g/mol. The van der Waals surface area contributed by atoms with Crippen LogP contribution in [0.5, 0.6) is 0 Å². The predicted octanol–water partition coefficient (Wildman–Crippen LogP) is 0.731. The number of nitriles is 1. The van der Waals surface area contributed by atoms with Crippen LogP contribution in [-0.4, -0.2) is 44.3 Å². The molecule has 0 aromatic carbocycles. The second-order valence-corrected chi connectivity index (χ2v) is 5.92. The molecule has 92 valence electrons. The van der Waals surface area contributed by atoms with Crippen LogP contribution in [0.4, 0.5) is 0 Å². The van der Waals surface area contributed by atoms with Gasteiger partial charge < -0.3 is 4.74 Å². The Bertz CT molecular complexity index is 342. The van der Waals surface area contributed by atoms with Crippen molar-refractivity contribution in [1.82, 2.24) is 4.31 Å². The molecule has 0 N–H and O–H groups in total. The third-order valence-corrected chi connectivity index (χ3v) is 4.43. The van der Waals surface area contributed by atoms with Gasteiger partial charge in [0, 0.05) is 13.2 Å². The van der Waals surface area contributed by atoms with Gasteiger partial charge in [-0.15, -0.1) is 0 Å². The van der Waals surface area contributed by atoms with Gasteiger partial charge in [-0.3, -0.25) is 0 Å². The Morgan fingerprint density at radius 3 is 2.81 bits per heavy atom. The van der Waals surface area contributed by atoms with Crippen LogP contribution >= 0.6 is 0 Å². The standard InChI is InChI=1S/C10H18N2O3S/c1-2-6-12(7-5-11)16(13,14)9-10-4-3-8-15-10/h10H,2-4,6-9H2,1H3. The third-order valence-electron chi connectivity index (χ3n) is 2.53. The normalized spacial score (nSPS) is 21.2. The lowest BCUT2D eigenvalue weighted by atomic mass is 10.3. The quantitative estimate of drug-likeness (QED) is 0.648. The number of sulfonamides is 1. The zero-order chi connectivity index (χ0) is 12.0. The van der Waals surface area contributed by atoms with Gasteiger partial charge in [-0.05, 0) is 19.3 Å². The molecule has 0 aromatic heterocycles. The molecule has 1 atom stereocenters. The fourth-order valence-electron chi connectivity index (χ4n) is 1.76. The molecule has 16 heavy (non-hydrogen) atoms. The summed E-state index contributed by atoms with van der Waals surface area (Å²) in [5, 5.41) is 8.60. The average Bonchev–Trinajstić information content (AvgIpc) is 2.69. The van der Waals surface area contributed by atoms with E-state index in [1.54, 1.807) is 0 Å². The van der Waals surface area contributed by atoms with Crippen molar-refractivity contribution in [3.05, 3.63) is 0 Å². The smallest absolute Gasteiger partial charge is 0.217 e. The first-order valence-electron chi connectivity index (χ1n) is 5.56. The Balaban J connectivity index is 2.61. The van der Waals surface area contributed by atoms with Crippen LogP contribution in [0.15, 0.2) is 0 Å². The van der Waals surface area contributed by atoms with Crippen molar-refractivity contribution >= 4 is 10.0 Å². The monoisotopic (exact) mass is 246 g/mol. The Labute approximate surface area is 97.0 Å². The second-order valence-electron chi connectivity index (χ2n) is 3.91. The Morgan fingerprint density at radius 2 is 2.31 bits per heavy atom. The highest BCUT2D eigenvalue weighted by atomic mass is 32.2. The fraction of sp³-hybridized carbons (Fsp3) is 0.900. The van der Waals surface area contributed by atoms with E-state index in [1.165, 1.54) is 4.31 Å². The summed E-state index contributed by atoms with van der Waals surface area (Å²) in [5.41, 5.74) is 0. The van der Waals surface area contributed by atoms with Crippen LogP contribution in [-0.2, 0) is 14.8 Å². The van der Waals surface area contributed by atoms with Crippen molar-refractivity contribution in [3.8, 4) is 6.07 Å². The molecule has 0 bridgehead atoms. The van der Waals surface area contributed by atoms with E-state index in [9.17, 15) is 8.42 Å². The van der Waals surface area contributed by atoms with Gasteiger partial charge in [0.15, 0.2) is 0 Å². The minimum Gasteiger partial charge on any atom is -0.377 e. The molecule has 1 saturated heterocycles. The summed E-state index contributed by atoms with van der Waals surface area (Å²) < 4.78 is 30.5. The van der Waals surface area contributed by atoms with Gasteiger partial charge >= 0.3 is 0 Å². The van der Waals surface area contributed by atoms with E-state index in [4.69, 9.17) is 10.00 Å². The highest BCUT2D eigenvalue weighted by Gasteiger charge is 2.27. The summed E-state index contributed by atoms with van der Waals surface area (Å²) >= 11 is 0. The summed E-state index contributed by atoms with van der Waals surface area (Å²) in [5.74, 6) is 0.00861. The molecule has 0 aromatic rings. The van der Waals surface area contributed by atoms with Crippen LogP contribution in [0.1, 0.15) is 26.2 Å². The molecule has 6 heteroatoms. The molecule has 1 fully saturated rings. The highest BCUT2D eigenvalue weighted by Crippen LogP contribution is 2.16. The molecule has 1 aliphatic rings. The SMILES string of the molecule is CCCN(CC#N)S(=O)(=O)CC1CCCO1. The maximum absolute atomic E-state index is 12.0. The molecule has 1 rings (SSSR count). The summed E-state index contributed by atoms with van der Waals surface area (Å²) in [6.07, 6.45) is 2.24. The van der Waals surface area contributed by atoms with E-state index >= 15 is 0 Å². The summed E-state index contributed by atoms with van der Waals surface area (Å²) in [4.78, 5) is 0. The number of rotatable bonds is 6. The largest absolute Gasteiger partial charge is 0.377 e. The Morgan fingerprint density at radius 1 is 1.56 bits per heavy atom. The van der Waals surface area contributed by atoms with Crippen molar-refractivity contribution in [1.29, 1.82) is 5.26 Å². The first-order chi connectivity index (χ1) is 7.60. The van der Waals surface area contributed by atoms with E-state index in [2.05, 4.69) is 0 Å². The minimum absolute atomic E-state index is 0.00861. The molecule has 1 aliphatic heterocycles. The molecule has 0 radical (unpaired) electrons. The Hall–Kier alpha value is -0.640. The van der Waals surface area contributed by atoms with Crippen molar-refractivity contribution in [2.45, 2.75) is 32.3 Å². The molecule has 0 spiro atoms. The molecule has 0 amide bonds. The summed E-state index contributed by atoms with van der Waals surface area (Å²) in [7, 11) is -3.34. The number of hydrogen-bond donors (Lipinski definition) is 0. The van der Waals surface area contributed by atoms with Gasteiger partial charge in [-0.25, -0.2) is 8.42 Å². The predicted molar refractivity (Wildman–Crippen MR) is 60.2 cm³/mol. The maximum Gasteiger partial charge on any atom is 0.217 e. The van der Waals surface area contributed by atoms with Gasteiger partial charge in [0.25, 0.3) is 0 Å². The lowest BCUT2D eigenvalue weighted by molar-refractivity contribution is 0.126. The third kappa shape index (κ3) is 3.74. The van der Waals surface area contributed by atoms with E-state index < -0.39 is 10.0 Å². The van der Waals surface area contributed by atoms with Gasteiger partial charge in [0.05, 0.1) is 17.9 Å². The molecule has 1 heterocycles. The zero-order valence-corrected chi connectivity index (χ0v) is 10.4. The first kappa shape index (κ1) is 13.4. The lowest BCUT2D eigenvalue weighted by Gasteiger charge is -2.20. The van der Waals surface area contributed by atoms with Gasteiger partial charge in [0.2, 0.25) is 10.0 Å². The molecular formula is C10H18N2O3S. The van der Waals surface area contributed by atoms with Crippen molar-refractivity contribution in [2.24, 2.45) is 0 Å². The van der Waals surface area contributed by atoms with Crippen LogP contribution in [0, 0.1) is 11.3 Å². The molecule has 1 unspecified atom stereocenters. The van der Waals surface area contributed by atoms with E-state index in [-0.39, 0.29) is 18.4 Å². The Kier molecular flexibility index (Phi) is 5.19. The highest BCUT2D eigenvalue weighted by molar-refractivity contribution is 7.89. The van der Waals surface area contributed by atoms with Crippen LogP contribution in [0.3, 0.4) is 0 Å². The minimum atomic E-state index is -3.34. The molecular weight excluding hydrogens is 228 g/mol. The first-order valence-corrected chi connectivity index (χ1v) is 7.17. The van der Waals surface area contributed by atoms with Crippen LogP contribution < -0.4 is 0 Å². The molecule has 0 aliphatic carbocycles. The number of nitrogens with zero attached hydrogens (tertiary/aromatic N) is 2. The van der Waals surface area contributed by atoms with Gasteiger partial charge in [-0.1, -0.05) is 6.92 Å². The van der Waals surface area contributed by atoms with Crippen LogP contribution in [0.25, 0.3) is 0 Å². The van der Waals surface area contributed by atoms with Crippen molar-refractivity contribution in [2.75, 3.05) is 25.4 Å². The van der Waals surface area contributed by atoms with E-state index in [0.29, 0.717) is 19.6 Å². The molecule has 0 saturated carbocycles. The van der Waals surface area contributed by atoms with Gasteiger partial charge in [0.1, 0.15) is 6.54 Å². The van der Waals surface area contributed by atoms with E-state index in [0.717, 1.165) is 12.8 Å². The van der Waals surface area contributed by atoms with E-state index in [1.807, 2.05) is 13.0 Å². The van der Waals surface area contributed by atoms with Crippen molar-refractivity contribution < 1.29 is 13.2 Å². The fourth-order valence-corrected chi connectivity index (χ4v) is 3.42.